The van der Waals surface area contributed by atoms with Crippen LogP contribution < -0.4 is 21.5 Å². The number of nitrogens with one attached hydrogen (secondary N) is 4. The Balaban J connectivity index is 1.60. The summed E-state index contributed by atoms with van der Waals surface area (Å²) < 4.78 is 11.3. The van der Waals surface area contributed by atoms with Crippen molar-refractivity contribution in [1.29, 1.82) is 0 Å². The zero-order valence-corrected chi connectivity index (χ0v) is 25.5. The van der Waals surface area contributed by atoms with E-state index in [-0.39, 0.29) is 17.8 Å². The van der Waals surface area contributed by atoms with Crippen LogP contribution in [-0.4, -0.2) is 67.8 Å². The minimum Gasteiger partial charge on any atom is -0.453 e. The summed E-state index contributed by atoms with van der Waals surface area (Å²) in [5.74, 6) is -0.540. The third-order valence-electron chi connectivity index (χ3n) is 5.97. The van der Waals surface area contributed by atoms with Gasteiger partial charge in [0.2, 0.25) is 5.91 Å². The van der Waals surface area contributed by atoms with Gasteiger partial charge in [0.25, 0.3) is 5.56 Å². The van der Waals surface area contributed by atoms with Crippen LogP contribution in [-0.2, 0) is 14.3 Å². The molecule has 0 radical (unpaired) electrons. The van der Waals surface area contributed by atoms with Crippen molar-refractivity contribution in [2.45, 2.75) is 32.4 Å². The summed E-state index contributed by atoms with van der Waals surface area (Å²) in [6, 6.07) is 12.1. The van der Waals surface area contributed by atoms with Gasteiger partial charge in [0, 0.05) is 28.9 Å². The average Bonchev–Trinajstić information content (AvgIpc) is 3.53. The summed E-state index contributed by atoms with van der Waals surface area (Å²) in [7, 11) is 1.25. The number of hydrogen-bond donors (Lipinski definition) is 4. The summed E-state index contributed by atoms with van der Waals surface area (Å²) in [5, 5.41) is 26.1. The number of anilines is 1. The van der Waals surface area contributed by atoms with Crippen LogP contribution in [0.15, 0.2) is 65.7 Å². The van der Waals surface area contributed by atoms with Gasteiger partial charge < -0.3 is 20.1 Å². The first-order valence-electron chi connectivity index (χ1n) is 13.4. The topological polar surface area (TPSA) is 195 Å². The van der Waals surface area contributed by atoms with E-state index < -0.39 is 35.3 Å². The number of rotatable bonds is 9. The molecule has 0 aliphatic rings. The molecule has 0 bridgehead atoms. The lowest BCUT2D eigenvalue weighted by Crippen LogP contribution is -2.40. The number of amides is 3. The van der Waals surface area contributed by atoms with E-state index in [0.29, 0.717) is 27.5 Å². The fourth-order valence-corrected chi connectivity index (χ4v) is 4.15. The number of H-pyrrole nitrogens is 1. The maximum absolute atomic E-state index is 13.2. The molecule has 0 saturated heterocycles. The molecule has 15 nitrogen and oxygen atoms in total. The summed E-state index contributed by atoms with van der Waals surface area (Å²) >= 11 is 6.18. The molecule has 3 amide bonds. The van der Waals surface area contributed by atoms with Crippen molar-refractivity contribution in [3.8, 4) is 16.8 Å². The third-order valence-corrected chi connectivity index (χ3v) is 6.21. The Labute approximate surface area is 262 Å². The number of benzene rings is 2. The monoisotopic (exact) mass is 635 g/mol. The Morgan fingerprint density at radius 3 is 2.51 bits per heavy atom. The molecule has 0 spiro atoms. The van der Waals surface area contributed by atoms with Crippen LogP contribution in [0, 0.1) is 0 Å². The van der Waals surface area contributed by atoms with Crippen LogP contribution in [0.1, 0.15) is 38.1 Å². The predicted molar refractivity (Wildman–Crippen MR) is 165 cm³/mol. The van der Waals surface area contributed by atoms with Gasteiger partial charge in [-0.2, -0.15) is 9.78 Å². The first-order chi connectivity index (χ1) is 21.4. The summed E-state index contributed by atoms with van der Waals surface area (Å²) in [6.45, 7) is 5.04. The molecule has 0 aliphatic carbocycles. The number of aromatic amines is 1. The number of methoxy groups -OCH3 is 1. The highest BCUT2D eigenvalue weighted by molar-refractivity contribution is 6.30. The number of halogens is 1. The predicted octanol–water partition coefficient (Wildman–Crippen LogP) is 3.64. The Morgan fingerprint density at radius 2 is 1.84 bits per heavy atom. The van der Waals surface area contributed by atoms with Gasteiger partial charge in [-0.1, -0.05) is 23.7 Å². The average molecular weight is 636 g/mol. The van der Waals surface area contributed by atoms with E-state index in [1.807, 2.05) is 0 Å². The van der Waals surface area contributed by atoms with Gasteiger partial charge in [0.15, 0.2) is 0 Å². The molecule has 1 atom stereocenters. The quantitative estimate of drug-likeness (QED) is 0.197. The first-order valence-corrected chi connectivity index (χ1v) is 13.8. The van der Waals surface area contributed by atoms with Crippen molar-refractivity contribution < 1.29 is 23.9 Å². The molecule has 2 heterocycles. The number of carbonyl (C=O) groups excluding carboxylic acids is 3. The molecular weight excluding hydrogens is 606 g/mol. The second kappa shape index (κ2) is 14.3. The second-order valence-electron chi connectivity index (χ2n) is 10.5. The molecule has 2 aromatic heterocycles. The van der Waals surface area contributed by atoms with Crippen LogP contribution in [0.5, 0.6) is 0 Å². The van der Waals surface area contributed by atoms with Gasteiger partial charge >= 0.3 is 12.2 Å². The third kappa shape index (κ3) is 9.21. The van der Waals surface area contributed by atoms with Gasteiger partial charge in [0.05, 0.1) is 30.1 Å². The van der Waals surface area contributed by atoms with E-state index in [4.69, 9.17) is 16.3 Å². The van der Waals surface area contributed by atoms with Gasteiger partial charge in [-0.25, -0.2) is 14.7 Å². The van der Waals surface area contributed by atoms with Gasteiger partial charge in [0.1, 0.15) is 11.9 Å². The lowest BCUT2D eigenvalue weighted by atomic mass is 10.0. The van der Waals surface area contributed by atoms with E-state index in [0.717, 1.165) is 0 Å². The Morgan fingerprint density at radius 1 is 1.09 bits per heavy atom. The van der Waals surface area contributed by atoms with Crippen LogP contribution in [0.3, 0.4) is 0 Å². The Hall–Kier alpha value is -5.57. The summed E-state index contributed by atoms with van der Waals surface area (Å²) in [4.78, 5) is 49.8. The second-order valence-corrected chi connectivity index (χ2v) is 10.9. The van der Waals surface area contributed by atoms with Gasteiger partial charge in [-0.3, -0.25) is 14.9 Å². The Kier molecular flexibility index (Phi) is 10.3. The van der Waals surface area contributed by atoms with E-state index in [9.17, 15) is 19.2 Å². The van der Waals surface area contributed by atoms with Crippen LogP contribution in [0.2, 0.25) is 5.02 Å². The minimum absolute atomic E-state index is 0.123. The molecule has 16 heteroatoms. The number of ether oxygens (including phenoxy) is 2. The van der Waals surface area contributed by atoms with E-state index in [1.54, 1.807) is 63.2 Å². The molecule has 0 unspecified atom stereocenters. The molecule has 45 heavy (non-hydrogen) atoms. The van der Waals surface area contributed by atoms with E-state index in [1.165, 1.54) is 36.3 Å². The molecular formula is C29H30ClN9O6. The maximum atomic E-state index is 13.2. The summed E-state index contributed by atoms with van der Waals surface area (Å²) in [6.07, 6.45) is 2.87. The first kappa shape index (κ1) is 32.3. The maximum Gasteiger partial charge on any atom is 0.411 e. The van der Waals surface area contributed by atoms with Crippen molar-refractivity contribution in [1.82, 2.24) is 41.0 Å². The highest BCUT2D eigenvalue weighted by Crippen LogP contribution is 2.22. The number of alkyl carbamates (subject to hydrolysis) is 1. The van der Waals surface area contributed by atoms with Crippen LogP contribution in [0.25, 0.3) is 22.9 Å². The number of carbonyl (C=O) groups is 3. The number of nitrogens with zero attached hydrogens (tertiary/aromatic N) is 5. The highest BCUT2D eigenvalue weighted by atomic mass is 35.5. The number of hydrogen-bond acceptors (Lipinski definition) is 10. The van der Waals surface area contributed by atoms with Gasteiger partial charge in [-0.15, -0.1) is 5.10 Å². The van der Waals surface area contributed by atoms with Crippen molar-refractivity contribution in [2.75, 3.05) is 19.0 Å². The lowest BCUT2D eigenvalue weighted by molar-refractivity contribution is -0.117. The summed E-state index contributed by atoms with van der Waals surface area (Å²) in [5.41, 5.74) is 1.35. The SMILES string of the molecule is COC(=O)Nc1ccc(-c2cc([C@H](CNC(=O)OC(C)(C)C)NC(=O)/C=C/c3cc(Cl)ccc3-n3cnnn3)n[nH]c2=O)cc1. The fourth-order valence-electron chi connectivity index (χ4n) is 3.97. The van der Waals surface area contributed by atoms with E-state index >= 15 is 0 Å². The van der Waals surface area contributed by atoms with Crippen molar-refractivity contribution in [3.05, 3.63) is 87.6 Å². The molecule has 4 rings (SSSR count). The standard InChI is InChI=1S/C29H30ClN9O6/c1-29(2,3)45-27(42)31-15-23(34-25(40)12-7-18-13-19(30)8-11-24(18)39-16-32-37-38-39)22-14-21(26(41)36-35-22)17-5-9-20(10-6-17)33-28(43)44-4/h5-14,16,23H,15H2,1-4H3,(H,31,42)(H,33,43)(H,34,40)(H,36,41)/b12-7+/t23-/m0/s1. The zero-order chi connectivity index (χ0) is 32.6. The molecule has 4 aromatic rings. The lowest BCUT2D eigenvalue weighted by Gasteiger charge is -2.22. The van der Waals surface area contributed by atoms with Crippen LogP contribution in [0.4, 0.5) is 15.3 Å². The normalized spacial score (nSPS) is 11.9. The largest absolute Gasteiger partial charge is 0.453 e. The molecule has 0 saturated carbocycles. The van der Waals surface area contributed by atoms with Crippen molar-refractivity contribution in [3.63, 3.8) is 0 Å². The van der Waals surface area contributed by atoms with Gasteiger partial charge in [-0.05, 0) is 79.2 Å². The van der Waals surface area contributed by atoms with Crippen molar-refractivity contribution >= 4 is 41.5 Å². The smallest absolute Gasteiger partial charge is 0.411 e. The highest BCUT2D eigenvalue weighted by Gasteiger charge is 2.21. The van der Waals surface area contributed by atoms with Crippen molar-refractivity contribution in [2.24, 2.45) is 0 Å². The minimum atomic E-state index is -0.899. The molecule has 0 aliphatic heterocycles. The van der Waals surface area contributed by atoms with Crippen LogP contribution >= 0.6 is 11.6 Å². The van der Waals surface area contributed by atoms with E-state index in [2.05, 4.69) is 46.4 Å². The Bertz CT molecular complexity index is 1750. The molecule has 234 valence electrons. The number of tetrazole rings is 1. The zero-order valence-electron chi connectivity index (χ0n) is 24.7. The molecule has 2 aromatic carbocycles. The number of aromatic nitrogens is 6. The molecule has 4 N–H and O–H groups in total. The molecule has 0 fully saturated rings. The fraction of sp³-hybridized carbons (Fsp3) is 0.241.